The van der Waals surface area contributed by atoms with Crippen LogP contribution in [0.4, 0.5) is 0 Å². The van der Waals surface area contributed by atoms with Crippen LogP contribution in [0, 0.1) is 5.92 Å². The predicted octanol–water partition coefficient (Wildman–Crippen LogP) is 3.00. The first-order valence-electron chi connectivity index (χ1n) is 2.57. The van der Waals surface area contributed by atoms with Crippen molar-refractivity contribution in [2.75, 3.05) is 0 Å². The fourth-order valence-electron chi connectivity index (χ4n) is 0.706. The summed E-state index contributed by atoms with van der Waals surface area (Å²) in [6.45, 7) is 2.11. The number of halogens is 2. The van der Waals surface area contributed by atoms with Crippen LogP contribution in [0.5, 0.6) is 0 Å². The third kappa shape index (κ3) is 1.80. The molecular weight excluding hydrogens is 246 g/mol. The van der Waals surface area contributed by atoms with E-state index in [-0.39, 0.29) is 0 Å². The van der Waals surface area contributed by atoms with E-state index in [4.69, 9.17) is 19.4 Å². The molecule has 0 aromatic rings. The summed E-state index contributed by atoms with van der Waals surface area (Å²) in [5, 5.41) is 0. The standard InChI is InChI=1S/C6H7.2ClH.Rh/c1-6-4-2-3-5-6;;;/h2-4,6H,1H3;2*1H;/q;;;+2/p-2. The minimum absolute atomic E-state index is 0.479. The molecule has 1 rings (SSSR count). The summed E-state index contributed by atoms with van der Waals surface area (Å²) in [6.07, 6.45) is 6.15. The van der Waals surface area contributed by atoms with Crippen molar-refractivity contribution in [2.24, 2.45) is 5.92 Å². The fourth-order valence-corrected chi connectivity index (χ4v) is 3.65. The number of allylic oxidation sites excluding steroid dienone is 4. The summed E-state index contributed by atoms with van der Waals surface area (Å²) in [7, 11) is 11.5. The van der Waals surface area contributed by atoms with Gasteiger partial charge in [0.1, 0.15) is 0 Å². The Balaban J connectivity index is 2.64. The molecule has 1 atom stereocenters. The van der Waals surface area contributed by atoms with Gasteiger partial charge in [0, 0.05) is 0 Å². The molecule has 0 aromatic heterocycles. The van der Waals surface area contributed by atoms with Crippen molar-refractivity contribution in [1.29, 1.82) is 0 Å². The molecule has 0 aromatic carbocycles. The van der Waals surface area contributed by atoms with E-state index in [9.17, 15) is 0 Å². The average Bonchev–Trinajstić information content (AvgIpc) is 2.13. The van der Waals surface area contributed by atoms with Gasteiger partial charge in [0.05, 0.1) is 0 Å². The Bertz CT molecular complexity index is 160. The van der Waals surface area contributed by atoms with Crippen molar-refractivity contribution in [2.45, 2.75) is 6.92 Å². The van der Waals surface area contributed by atoms with E-state index < -0.39 is 14.0 Å². The van der Waals surface area contributed by atoms with Crippen molar-refractivity contribution in [1.82, 2.24) is 0 Å². The predicted molar refractivity (Wildman–Crippen MR) is 38.1 cm³/mol. The van der Waals surface area contributed by atoms with Crippen molar-refractivity contribution >= 4 is 19.4 Å². The molecule has 0 saturated carbocycles. The molecule has 0 bridgehead atoms. The molecule has 3 heteroatoms. The maximum atomic E-state index is 5.77. The van der Waals surface area contributed by atoms with Crippen molar-refractivity contribution in [3.8, 4) is 0 Å². The van der Waals surface area contributed by atoms with E-state index in [1.807, 2.05) is 12.2 Å². The van der Waals surface area contributed by atoms with Crippen LogP contribution in [-0.4, -0.2) is 0 Å². The van der Waals surface area contributed by atoms with Crippen LogP contribution in [0.2, 0.25) is 0 Å². The number of hydrogen-bond acceptors (Lipinski definition) is 0. The molecule has 0 aliphatic heterocycles. The van der Waals surface area contributed by atoms with Crippen molar-refractivity contribution in [3.05, 3.63) is 22.4 Å². The quantitative estimate of drug-likeness (QED) is 0.630. The Morgan fingerprint density at radius 1 is 1.56 bits per heavy atom. The Morgan fingerprint density at radius 2 is 2.22 bits per heavy atom. The van der Waals surface area contributed by atoms with E-state index in [2.05, 4.69) is 13.0 Å². The molecular formula is C6H7Cl2Rh. The number of rotatable bonds is 1. The molecule has 9 heavy (non-hydrogen) atoms. The molecule has 1 aliphatic carbocycles. The zero-order valence-corrected chi connectivity index (χ0v) is 8.05. The SMILES string of the molecule is CC1C=CC=[C]1[Rh]([Cl])[Cl]. The fraction of sp³-hybridized carbons (Fsp3) is 0.333. The second-order valence-corrected chi connectivity index (χ2v) is 7.42. The van der Waals surface area contributed by atoms with Gasteiger partial charge in [-0.25, -0.2) is 0 Å². The normalized spacial score (nSPS) is 26.3. The van der Waals surface area contributed by atoms with Gasteiger partial charge in [-0.15, -0.1) is 0 Å². The van der Waals surface area contributed by atoms with Crippen LogP contribution in [0.1, 0.15) is 6.92 Å². The van der Waals surface area contributed by atoms with Crippen molar-refractivity contribution < 1.29 is 14.0 Å². The van der Waals surface area contributed by atoms with Crippen LogP contribution in [-0.2, 0) is 14.0 Å². The van der Waals surface area contributed by atoms with Crippen LogP contribution in [0.15, 0.2) is 22.4 Å². The first-order chi connectivity index (χ1) is 4.22. The average molecular weight is 253 g/mol. The molecule has 54 valence electrons. The summed E-state index contributed by atoms with van der Waals surface area (Å²) in [5.74, 6) is 0.479. The summed E-state index contributed by atoms with van der Waals surface area (Å²) >= 11 is -1.46. The van der Waals surface area contributed by atoms with Crippen molar-refractivity contribution in [3.63, 3.8) is 0 Å². The van der Waals surface area contributed by atoms with E-state index in [0.29, 0.717) is 5.92 Å². The van der Waals surface area contributed by atoms with E-state index in [0.717, 1.165) is 0 Å². The summed E-state index contributed by atoms with van der Waals surface area (Å²) in [6, 6.07) is 0. The van der Waals surface area contributed by atoms with E-state index >= 15 is 0 Å². The Kier molecular flexibility index (Phi) is 2.76. The Morgan fingerprint density at radius 3 is 2.44 bits per heavy atom. The van der Waals surface area contributed by atoms with Gasteiger partial charge in [-0.1, -0.05) is 0 Å². The molecule has 0 N–H and O–H groups in total. The molecule has 0 spiro atoms. The monoisotopic (exact) mass is 252 g/mol. The third-order valence-electron chi connectivity index (χ3n) is 1.21. The van der Waals surface area contributed by atoms with E-state index in [1.54, 1.807) is 0 Å². The van der Waals surface area contributed by atoms with Gasteiger partial charge in [-0.2, -0.15) is 0 Å². The third-order valence-corrected chi connectivity index (χ3v) is 4.66. The second kappa shape index (κ2) is 3.19. The summed E-state index contributed by atoms with van der Waals surface area (Å²) in [5.41, 5.74) is 0. The second-order valence-electron chi connectivity index (χ2n) is 1.87. The molecule has 0 fully saturated rings. The van der Waals surface area contributed by atoms with Gasteiger partial charge in [0.2, 0.25) is 0 Å². The minimum atomic E-state index is -1.46. The summed E-state index contributed by atoms with van der Waals surface area (Å²) in [4.78, 5) is 0. The molecule has 0 amide bonds. The molecule has 1 unspecified atom stereocenters. The summed E-state index contributed by atoms with van der Waals surface area (Å²) < 4.78 is 1.23. The van der Waals surface area contributed by atoms with Gasteiger partial charge in [0.25, 0.3) is 0 Å². The molecule has 0 nitrogen and oxygen atoms in total. The molecule has 0 heterocycles. The first kappa shape index (κ1) is 7.79. The zero-order valence-electron chi connectivity index (χ0n) is 4.90. The number of hydrogen-bond donors (Lipinski definition) is 0. The molecule has 0 radical (unpaired) electrons. The zero-order chi connectivity index (χ0) is 6.85. The Labute approximate surface area is 68.5 Å². The van der Waals surface area contributed by atoms with Gasteiger partial charge >= 0.3 is 68.6 Å². The van der Waals surface area contributed by atoms with Crippen LogP contribution >= 0.6 is 19.4 Å². The van der Waals surface area contributed by atoms with Gasteiger partial charge in [-0.3, -0.25) is 0 Å². The molecule has 1 aliphatic rings. The van der Waals surface area contributed by atoms with Crippen LogP contribution in [0.3, 0.4) is 0 Å². The van der Waals surface area contributed by atoms with Gasteiger partial charge in [0.15, 0.2) is 0 Å². The first-order valence-corrected chi connectivity index (χ1v) is 7.61. The molecule has 0 saturated heterocycles. The van der Waals surface area contributed by atoms with E-state index in [1.165, 1.54) is 4.17 Å². The van der Waals surface area contributed by atoms with Gasteiger partial charge < -0.3 is 0 Å². The van der Waals surface area contributed by atoms with Crippen LogP contribution in [0.25, 0.3) is 0 Å². The topological polar surface area (TPSA) is 0 Å². The van der Waals surface area contributed by atoms with Gasteiger partial charge in [-0.05, 0) is 0 Å². The Hall–Kier alpha value is 0.683. The maximum absolute atomic E-state index is 5.77. The van der Waals surface area contributed by atoms with Crippen LogP contribution < -0.4 is 0 Å².